The number of carboxylic acids is 1. The molecular formula is C12H12BrNO3. The fraction of sp³-hybridized carbons (Fsp3) is 0.333. The second-order valence-corrected chi connectivity index (χ2v) is 5.21. The molecule has 2 atom stereocenters. The summed E-state index contributed by atoms with van der Waals surface area (Å²) in [4.78, 5) is 22.4. The Bertz CT molecular complexity index is 466. The highest BCUT2D eigenvalue weighted by molar-refractivity contribution is 9.10. The molecule has 17 heavy (non-hydrogen) atoms. The molecule has 0 spiro atoms. The fourth-order valence-electron chi connectivity index (χ4n) is 1.80. The van der Waals surface area contributed by atoms with Crippen LogP contribution in [0, 0.1) is 18.8 Å². The molecule has 0 bridgehead atoms. The first-order valence-electron chi connectivity index (χ1n) is 5.28. The van der Waals surface area contributed by atoms with Gasteiger partial charge in [0.2, 0.25) is 5.91 Å². The quantitative estimate of drug-likeness (QED) is 0.900. The van der Waals surface area contributed by atoms with E-state index in [1.54, 1.807) is 6.07 Å². The SMILES string of the molecule is Cc1cc(Br)cc(NC(=O)[C@@H]2C[C@@H]2C(=O)O)c1. The van der Waals surface area contributed by atoms with E-state index in [4.69, 9.17) is 5.11 Å². The van der Waals surface area contributed by atoms with Gasteiger partial charge in [-0.15, -0.1) is 0 Å². The number of hydrogen-bond donors (Lipinski definition) is 2. The Morgan fingerprint density at radius 2 is 2.06 bits per heavy atom. The molecular weight excluding hydrogens is 286 g/mol. The van der Waals surface area contributed by atoms with Crippen LogP contribution in [0.1, 0.15) is 12.0 Å². The Balaban J connectivity index is 2.02. The number of aryl methyl sites for hydroxylation is 1. The maximum absolute atomic E-state index is 11.7. The van der Waals surface area contributed by atoms with Gasteiger partial charge in [-0.1, -0.05) is 15.9 Å². The first kappa shape index (κ1) is 12.1. The number of amides is 1. The van der Waals surface area contributed by atoms with Gasteiger partial charge in [-0.05, 0) is 37.1 Å². The molecule has 1 aromatic rings. The van der Waals surface area contributed by atoms with Crippen molar-refractivity contribution in [1.29, 1.82) is 0 Å². The largest absolute Gasteiger partial charge is 0.481 e. The highest BCUT2D eigenvalue weighted by Crippen LogP contribution is 2.39. The molecule has 1 aliphatic carbocycles. The van der Waals surface area contributed by atoms with Gasteiger partial charge in [0.15, 0.2) is 0 Å². The second-order valence-electron chi connectivity index (χ2n) is 4.29. The van der Waals surface area contributed by atoms with Crippen LogP contribution in [-0.2, 0) is 9.59 Å². The van der Waals surface area contributed by atoms with Crippen LogP contribution in [-0.4, -0.2) is 17.0 Å². The smallest absolute Gasteiger partial charge is 0.307 e. The van der Waals surface area contributed by atoms with Gasteiger partial charge < -0.3 is 10.4 Å². The third kappa shape index (κ3) is 2.85. The number of carbonyl (C=O) groups is 2. The molecule has 0 radical (unpaired) electrons. The van der Waals surface area contributed by atoms with E-state index >= 15 is 0 Å². The number of carbonyl (C=O) groups excluding carboxylic acids is 1. The van der Waals surface area contributed by atoms with E-state index < -0.39 is 11.9 Å². The van der Waals surface area contributed by atoms with Crippen molar-refractivity contribution < 1.29 is 14.7 Å². The summed E-state index contributed by atoms with van der Waals surface area (Å²) in [7, 11) is 0. The molecule has 0 aromatic heterocycles. The van der Waals surface area contributed by atoms with Crippen molar-refractivity contribution in [1.82, 2.24) is 0 Å². The summed E-state index contributed by atoms with van der Waals surface area (Å²) in [6.07, 6.45) is 0.439. The van der Waals surface area contributed by atoms with E-state index in [0.717, 1.165) is 10.0 Å². The number of rotatable bonds is 3. The molecule has 0 unspecified atom stereocenters. The minimum Gasteiger partial charge on any atom is -0.481 e. The number of hydrogen-bond acceptors (Lipinski definition) is 2. The van der Waals surface area contributed by atoms with E-state index in [9.17, 15) is 9.59 Å². The molecule has 1 aromatic carbocycles. The van der Waals surface area contributed by atoms with Gasteiger partial charge >= 0.3 is 5.97 Å². The van der Waals surface area contributed by atoms with Crippen LogP contribution >= 0.6 is 15.9 Å². The van der Waals surface area contributed by atoms with Gasteiger partial charge in [-0.25, -0.2) is 0 Å². The van der Waals surface area contributed by atoms with Crippen LogP contribution in [0.4, 0.5) is 5.69 Å². The predicted molar refractivity (Wildman–Crippen MR) is 66.7 cm³/mol. The molecule has 2 rings (SSSR count). The average Bonchev–Trinajstić information content (AvgIpc) is 2.94. The molecule has 0 aliphatic heterocycles. The number of nitrogens with one attached hydrogen (secondary N) is 1. The Kier molecular flexibility index (Phi) is 3.19. The van der Waals surface area contributed by atoms with E-state index in [1.807, 2.05) is 19.1 Å². The highest BCUT2D eigenvalue weighted by Gasteiger charge is 2.48. The zero-order valence-corrected chi connectivity index (χ0v) is 10.8. The third-order valence-corrected chi connectivity index (χ3v) is 3.21. The van der Waals surface area contributed by atoms with Crippen molar-refractivity contribution in [3.05, 3.63) is 28.2 Å². The van der Waals surface area contributed by atoms with Crippen LogP contribution in [0.2, 0.25) is 0 Å². The lowest BCUT2D eigenvalue weighted by atomic mass is 10.2. The van der Waals surface area contributed by atoms with E-state index in [1.165, 1.54) is 0 Å². The predicted octanol–water partition coefficient (Wildman–Crippen LogP) is 2.42. The van der Waals surface area contributed by atoms with Crippen LogP contribution < -0.4 is 5.32 Å². The first-order chi connectivity index (χ1) is 7.97. The standard InChI is InChI=1S/C12H12BrNO3/c1-6-2-7(13)4-8(3-6)14-11(15)9-5-10(9)12(16)17/h2-4,9-10H,5H2,1H3,(H,14,15)(H,16,17)/t9-,10+/m1/s1. The van der Waals surface area contributed by atoms with Gasteiger partial charge in [0.05, 0.1) is 11.8 Å². The Morgan fingerprint density at radius 3 is 2.59 bits per heavy atom. The Labute approximate surface area is 107 Å². The summed E-state index contributed by atoms with van der Waals surface area (Å²) in [5.74, 6) is -2.00. The number of aliphatic carboxylic acids is 1. The molecule has 5 heteroatoms. The van der Waals surface area contributed by atoms with E-state index in [0.29, 0.717) is 12.1 Å². The summed E-state index contributed by atoms with van der Waals surface area (Å²) in [5, 5.41) is 11.5. The molecule has 1 amide bonds. The minimum atomic E-state index is -0.893. The summed E-state index contributed by atoms with van der Waals surface area (Å²) >= 11 is 3.35. The number of halogens is 1. The maximum atomic E-state index is 11.7. The van der Waals surface area contributed by atoms with Crippen molar-refractivity contribution in [2.24, 2.45) is 11.8 Å². The van der Waals surface area contributed by atoms with Crippen LogP contribution in [0.3, 0.4) is 0 Å². The summed E-state index contributed by atoms with van der Waals surface area (Å²) in [5.41, 5.74) is 1.72. The first-order valence-corrected chi connectivity index (χ1v) is 6.07. The molecule has 2 N–H and O–H groups in total. The fourth-order valence-corrected chi connectivity index (χ4v) is 2.41. The maximum Gasteiger partial charge on any atom is 0.307 e. The minimum absolute atomic E-state index is 0.213. The number of anilines is 1. The third-order valence-electron chi connectivity index (χ3n) is 2.75. The lowest BCUT2D eigenvalue weighted by Gasteiger charge is -2.06. The van der Waals surface area contributed by atoms with E-state index in [-0.39, 0.29) is 11.8 Å². The molecule has 0 heterocycles. The lowest BCUT2D eigenvalue weighted by molar-refractivity contribution is -0.139. The zero-order valence-electron chi connectivity index (χ0n) is 9.24. The van der Waals surface area contributed by atoms with E-state index in [2.05, 4.69) is 21.2 Å². The molecule has 1 aliphatic rings. The van der Waals surface area contributed by atoms with Gasteiger partial charge in [0, 0.05) is 10.2 Å². The van der Waals surface area contributed by atoms with Crippen molar-refractivity contribution in [2.75, 3.05) is 5.32 Å². The lowest BCUT2D eigenvalue weighted by Crippen LogP contribution is -2.16. The summed E-state index contributed by atoms with van der Waals surface area (Å²) < 4.78 is 0.887. The van der Waals surface area contributed by atoms with Gasteiger partial charge in [-0.2, -0.15) is 0 Å². The Hall–Kier alpha value is -1.36. The number of benzene rings is 1. The average molecular weight is 298 g/mol. The van der Waals surface area contributed by atoms with Gasteiger partial charge in [0.25, 0.3) is 0 Å². The molecule has 1 saturated carbocycles. The van der Waals surface area contributed by atoms with Crippen LogP contribution in [0.5, 0.6) is 0 Å². The van der Waals surface area contributed by atoms with Crippen molar-refractivity contribution in [3.8, 4) is 0 Å². The summed E-state index contributed by atoms with van der Waals surface area (Å²) in [6.45, 7) is 1.93. The second kappa shape index (κ2) is 4.49. The van der Waals surface area contributed by atoms with Crippen LogP contribution in [0.25, 0.3) is 0 Å². The molecule has 4 nitrogen and oxygen atoms in total. The van der Waals surface area contributed by atoms with Gasteiger partial charge in [0.1, 0.15) is 0 Å². The van der Waals surface area contributed by atoms with Gasteiger partial charge in [-0.3, -0.25) is 9.59 Å². The van der Waals surface area contributed by atoms with Crippen molar-refractivity contribution >= 4 is 33.5 Å². The van der Waals surface area contributed by atoms with Crippen LogP contribution in [0.15, 0.2) is 22.7 Å². The zero-order chi connectivity index (χ0) is 12.6. The monoisotopic (exact) mass is 297 g/mol. The van der Waals surface area contributed by atoms with Crippen molar-refractivity contribution in [3.63, 3.8) is 0 Å². The number of carboxylic acid groups (broad SMARTS) is 1. The normalized spacial score (nSPS) is 22.0. The summed E-state index contributed by atoms with van der Waals surface area (Å²) in [6, 6.07) is 5.58. The Morgan fingerprint density at radius 1 is 1.35 bits per heavy atom. The van der Waals surface area contributed by atoms with Crippen molar-refractivity contribution in [2.45, 2.75) is 13.3 Å². The topological polar surface area (TPSA) is 66.4 Å². The molecule has 1 fully saturated rings. The highest BCUT2D eigenvalue weighted by atomic mass is 79.9. The molecule has 0 saturated heterocycles. The molecule has 90 valence electrons.